The van der Waals surface area contributed by atoms with Gasteiger partial charge in [-0.05, 0) is 48.9 Å². The van der Waals surface area contributed by atoms with E-state index in [4.69, 9.17) is 16.3 Å². The first-order valence-corrected chi connectivity index (χ1v) is 11.7. The molecular weight excluding hydrogens is 474 g/mol. The van der Waals surface area contributed by atoms with Crippen molar-refractivity contribution in [3.8, 4) is 5.75 Å². The molecule has 1 amide bonds. The van der Waals surface area contributed by atoms with Crippen molar-refractivity contribution in [2.45, 2.75) is 13.0 Å². The fourth-order valence-electron chi connectivity index (χ4n) is 3.93. The third-order valence-electron chi connectivity index (χ3n) is 5.41. The maximum atomic E-state index is 13.3. The molecule has 1 unspecified atom stereocenters. The van der Waals surface area contributed by atoms with E-state index < -0.39 is 17.7 Å². The molecule has 2 aromatic heterocycles. The highest BCUT2D eigenvalue weighted by molar-refractivity contribution is 7.22. The number of pyridine rings is 1. The van der Waals surface area contributed by atoms with Crippen LogP contribution in [0.3, 0.4) is 0 Å². The van der Waals surface area contributed by atoms with Gasteiger partial charge in [0, 0.05) is 23.0 Å². The first-order chi connectivity index (χ1) is 16.5. The van der Waals surface area contributed by atoms with Gasteiger partial charge in [-0.3, -0.25) is 19.5 Å². The summed E-state index contributed by atoms with van der Waals surface area (Å²) in [5.41, 5.74) is 1.53. The Hall–Kier alpha value is -3.75. The van der Waals surface area contributed by atoms with Crippen molar-refractivity contribution in [2.24, 2.45) is 0 Å². The number of benzene rings is 2. The quantitative estimate of drug-likeness (QED) is 0.229. The van der Waals surface area contributed by atoms with E-state index in [9.17, 15) is 14.7 Å². The number of halogens is 1. The lowest BCUT2D eigenvalue weighted by Crippen LogP contribution is -2.29. The summed E-state index contributed by atoms with van der Waals surface area (Å²) in [5.74, 6) is -1.20. The Labute approximate surface area is 203 Å². The van der Waals surface area contributed by atoms with Gasteiger partial charge in [-0.2, -0.15) is 0 Å². The van der Waals surface area contributed by atoms with Crippen molar-refractivity contribution >= 4 is 55.7 Å². The summed E-state index contributed by atoms with van der Waals surface area (Å²) in [6.07, 6.45) is 3.16. The minimum absolute atomic E-state index is 0.0467. The van der Waals surface area contributed by atoms with E-state index in [1.165, 1.54) is 22.3 Å². The van der Waals surface area contributed by atoms with Crippen molar-refractivity contribution in [3.05, 3.63) is 88.7 Å². The van der Waals surface area contributed by atoms with Crippen LogP contribution >= 0.6 is 22.9 Å². The Kier molecular flexibility index (Phi) is 5.77. The molecule has 1 saturated heterocycles. The number of aliphatic hydroxyl groups is 1. The summed E-state index contributed by atoms with van der Waals surface area (Å²) in [5, 5.41) is 11.9. The van der Waals surface area contributed by atoms with E-state index in [0.29, 0.717) is 39.2 Å². The Morgan fingerprint density at radius 3 is 2.76 bits per heavy atom. The molecule has 170 valence electrons. The molecule has 9 heteroatoms. The predicted molar refractivity (Wildman–Crippen MR) is 131 cm³/mol. The summed E-state index contributed by atoms with van der Waals surface area (Å²) in [7, 11) is 0. The molecule has 1 aliphatic rings. The van der Waals surface area contributed by atoms with Crippen LogP contribution in [0.1, 0.15) is 24.1 Å². The number of fused-ring (bicyclic) bond motifs is 1. The highest BCUT2D eigenvalue weighted by Crippen LogP contribution is 2.44. The molecule has 1 N–H and O–H groups in total. The average molecular weight is 492 g/mol. The number of rotatable bonds is 5. The predicted octanol–water partition coefficient (Wildman–Crippen LogP) is 5.37. The SMILES string of the molecule is CCOc1ccc2nc(N3C(=O)C(=O)/C(=C(/O)c4cccc(Cl)c4)C3c3cccnc3)sc2c1. The Balaban J connectivity index is 1.69. The highest BCUT2D eigenvalue weighted by Gasteiger charge is 2.48. The number of aromatic nitrogens is 2. The number of amides is 1. The number of nitrogens with zero attached hydrogens (tertiary/aromatic N) is 3. The van der Waals surface area contributed by atoms with Gasteiger partial charge in [-0.15, -0.1) is 0 Å². The average Bonchev–Trinajstić information content (AvgIpc) is 3.37. The molecule has 34 heavy (non-hydrogen) atoms. The second kappa shape index (κ2) is 8.89. The van der Waals surface area contributed by atoms with Crippen LogP contribution in [0.25, 0.3) is 16.0 Å². The molecule has 2 aromatic carbocycles. The van der Waals surface area contributed by atoms with Crippen LogP contribution in [0.15, 0.2) is 72.6 Å². The molecule has 0 aliphatic carbocycles. The number of ether oxygens (including phenoxy) is 1. The van der Waals surface area contributed by atoms with E-state index in [0.717, 1.165) is 4.70 Å². The van der Waals surface area contributed by atoms with Gasteiger partial charge in [0.15, 0.2) is 5.13 Å². The van der Waals surface area contributed by atoms with Crippen LogP contribution in [0, 0.1) is 0 Å². The zero-order valence-corrected chi connectivity index (χ0v) is 19.5. The third-order valence-corrected chi connectivity index (χ3v) is 6.66. The normalized spacial score (nSPS) is 17.5. The van der Waals surface area contributed by atoms with Crippen LogP contribution in [0.5, 0.6) is 5.75 Å². The van der Waals surface area contributed by atoms with Crippen LogP contribution in [0.2, 0.25) is 5.02 Å². The zero-order valence-electron chi connectivity index (χ0n) is 17.9. The van der Waals surface area contributed by atoms with Crippen molar-refractivity contribution in [1.82, 2.24) is 9.97 Å². The zero-order chi connectivity index (χ0) is 23.8. The first kappa shape index (κ1) is 22.1. The van der Waals surface area contributed by atoms with E-state index in [1.54, 1.807) is 48.8 Å². The Bertz CT molecular complexity index is 1450. The summed E-state index contributed by atoms with van der Waals surface area (Å²) >= 11 is 7.36. The number of ketones is 1. The summed E-state index contributed by atoms with van der Waals surface area (Å²) < 4.78 is 6.38. The summed E-state index contributed by atoms with van der Waals surface area (Å²) in [6, 6.07) is 14.5. The van der Waals surface area contributed by atoms with E-state index in [2.05, 4.69) is 9.97 Å². The van der Waals surface area contributed by atoms with Crippen molar-refractivity contribution in [2.75, 3.05) is 11.5 Å². The van der Waals surface area contributed by atoms with E-state index >= 15 is 0 Å². The molecule has 4 aromatic rings. The lowest BCUT2D eigenvalue weighted by atomic mass is 9.96. The summed E-state index contributed by atoms with van der Waals surface area (Å²) in [6.45, 7) is 2.42. The fraction of sp³-hybridized carbons (Fsp3) is 0.120. The van der Waals surface area contributed by atoms with Crippen LogP contribution in [0.4, 0.5) is 5.13 Å². The molecule has 0 radical (unpaired) electrons. The number of carbonyl (C=O) groups excluding carboxylic acids is 2. The van der Waals surface area contributed by atoms with Crippen LogP contribution in [-0.4, -0.2) is 33.4 Å². The van der Waals surface area contributed by atoms with Gasteiger partial charge in [0.1, 0.15) is 11.5 Å². The number of carbonyl (C=O) groups is 2. The van der Waals surface area contributed by atoms with Crippen molar-refractivity contribution in [1.29, 1.82) is 0 Å². The van der Waals surface area contributed by atoms with Crippen LogP contribution in [-0.2, 0) is 9.59 Å². The molecule has 0 bridgehead atoms. The maximum absolute atomic E-state index is 13.3. The van der Waals surface area contributed by atoms with E-state index in [-0.39, 0.29) is 11.3 Å². The van der Waals surface area contributed by atoms with Gasteiger partial charge in [0.05, 0.1) is 28.4 Å². The largest absolute Gasteiger partial charge is 0.507 e. The molecule has 7 nitrogen and oxygen atoms in total. The minimum atomic E-state index is -0.903. The number of aliphatic hydroxyl groups excluding tert-OH is 1. The third kappa shape index (κ3) is 3.81. The van der Waals surface area contributed by atoms with Gasteiger partial charge in [-0.25, -0.2) is 4.98 Å². The summed E-state index contributed by atoms with van der Waals surface area (Å²) in [4.78, 5) is 36.6. The molecular formula is C25H18ClN3O4S. The molecule has 1 aliphatic heterocycles. The van der Waals surface area contributed by atoms with Gasteiger partial charge >= 0.3 is 5.91 Å². The molecule has 0 spiro atoms. The van der Waals surface area contributed by atoms with Crippen molar-refractivity contribution in [3.63, 3.8) is 0 Å². The lowest BCUT2D eigenvalue weighted by Gasteiger charge is -2.22. The van der Waals surface area contributed by atoms with Crippen molar-refractivity contribution < 1.29 is 19.4 Å². The molecule has 1 atom stereocenters. The molecule has 3 heterocycles. The number of hydrogen-bond acceptors (Lipinski definition) is 7. The number of hydrogen-bond donors (Lipinski definition) is 1. The first-order valence-electron chi connectivity index (χ1n) is 10.5. The van der Waals surface area contributed by atoms with Gasteiger partial charge in [0.2, 0.25) is 0 Å². The minimum Gasteiger partial charge on any atom is -0.507 e. The monoisotopic (exact) mass is 491 g/mol. The van der Waals surface area contributed by atoms with Gasteiger partial charge < -0.3 is 9.84 Å². The topological polar surface area (TPSA) is 92.6 Å². The Morgan fingerprint density at radius 2 is 2.03 bits per heavy atom. The van der Waals surface area contributed by atoms with Crippen LogP contribution < -0.4 is 9.64 Å². The molecule has 1 fully saturated rings. The standard InChI is InChI=1S/C25H18ClN3O4S/c1-2-33-17-8-9-18-19(12-17)34-25(28-18)29-21(15-6-4-10-27-13-15)20(23(31)24(29)32)22(30)14-5-3-7-16(26)11-14/h3-13,21,30H,2H2,1H3/b22-20+. The van der Waals surface area contributed by atoms with Gasteiger partial charge in [0.25, 0.3) is 5.78 Å². The Morgan fingerprint density at radius 1 is 1.18 bits per heavy atom. The number of Topliss-reactive ketones (excluding diaryl/α,β-unsaturated/α-hetero) is 1. The number of anilines is 1. The second-order valence-electron chi connectivity index (χ2n) is 7.52. The highest BCUT2D eigenvalue weighted by atomic mass is 35.5. The van der Waals surface area contributed by atoms with E-state index in [1.807, 2.05) is 19.1 Å². The lowest BCUT2D eigenvalue weighted by molar-refractivity contribution is -0.132. The second-order valence-corrected chi connectivity index (χ2v) is 8.97. The maximum Gasteiger partial charge on any atom is 0.301 e. The fourth-order valence-corrected chi connectivity index (χ4v) is 5.14. The number of thiazole rings is 1. The molecule has 0 saturated carbocycles. The smallest absolute Gasteiger partial charge is 0.301 e. The molecule has 5 rings (SSSR count). The van der Waals surface area contributed by atoms with Gasteiger partial charge in [-0.1, -0.05) is 41.1 Å².